The summed E-state index contributed by atoms with van der Waals surface area (Å²) in [6.45, 7) is 7.34. The number of rotatable bonds is 5. The van der Waals surface area contributed by atoms with E-state index in [2.05, 4.69) is 42.0 Å². The van der Waals surface area contributed by atoms with Crippen molar-refractivity contribution >= 4 is 33.2 Å². The molecule has 18 heavy (non-hydrogen) atoms. The van der Waals surface area contributed by atoms with Crippen LogP contribution in [0.2, 0.25) is 0 Å². The Hall–Kier alpha value is -0.390. The largest absolute Gasteiger partial charge is 0.351 e. The van der Waals surface area contributed by atoms with Crippen molar-refractivity contribution in [2.45, 2.75) is 33.7 Å². The molecule has 0 aliphatic carbocycles. The summed E-state index contributed by atoms with van der Waals surface area (Å²) < 4.78 is 1.05. The van der Waals surface area contributed by atoms with Gasteiger partial charge in [-0.2, -0.15) is 0 Å². The van der Waals surface area contributed by atoms with Crippen LogP contribution in [-0.2, 0) is 11.3 Å². The molecule has 5 heteroatoms. The summed E-state index contributed by atoms with van der Waals surface area (Å²) in [6, 6.07) is 1.99. The van der Waals surface area contributed by atoms with Crippen LogP contribution in [0.25, 0.3) is 0 Å². The second-order valence-corrected chi connectivity index (χ2v) is 7.46. The number of carbonyl (C=O) groups excluding carboxylic acids is 1. The van der Waals surface area contributed by atoms with E-state index in [1.54, 1.807) is 11.3 Å². The Morgan fingerprint density at radius 2 is 2.22 bits per heavy atom. The fraction of sp³-hybridized carbons (Fsp3) is 0.615. The molecule has 0 bridgehead atoms. The number of nitrogens with two attached hydrogens (primary N) is 1. The van der Waals surface area contributed by atoms with Gasteiger partial charge in [-0.15, -0.1) is 11.3 Å². The molecule has 1 unspecified atom stereocenters. The molecule has 0 aliphatic rings. The van der Waals surface area contributed by atoms with E-state index in [0.717, 1.165) is 15.8 Å². The fourth-order valence-corrected chi connectivity index (χ4v) is 3.22. The van der Waals surface area contributed by atoms with Gasteiger partial charge in [0.25, 0.3) is 0 Å². The van der Waals surface area contributed by atoms with Gasteiger partial charge in [-0.1, -0.05) is 20.8 Å². The minimum absolute atomic E-state index is 0.0488. The summed E-state index contributed by atoms with van der Waals surface area (Å²) in [5.41, 5.74) is 5.81. The van der Waals surface area contributed by atoms with Crippen molar-refractivity contribution in [3.63, 3.8) is 0 Å². The van der Waals surface area contributed by atoms with Gasteiger partial charge in [0.2, 0.25) is 5.91 Å². The quantitative estimate of drug-likeness (QED) is 0.870. The molecule has 0 aromatic carbocycles. The summed E-state index contributed by atoms with van der Waals surface area (Å²) in [4.78, 5) is 13.2. The third-order valence-corrected chi connectivity index (χ3v) is 4.55. The van der Waals surface area contributed by atoms with Gasteiger partial charge < -0.3 is 11.1 Å². The van der Waals surface area contributed by atoms with E-state index >= 15 is 0 Å². The van der Waals surface area contributed by atoms with E-state index in [0.29, 0.717) is 13.1 Å². The van der Waals surface area contributed by atoms with Gasteiger partial charge >= 0.3 is 0 Å². The van der Waals surface area contributed by atoms with Crippen LogP contribution in [0.5, 0.6) is 0 Å². The zero-order valence-electron chi connectivity index (χ0n) is 11.1. The number of hydrogen-bond acceptors (Lipinski definition) is 3. The van der Waals surface area contributed by atoms with Gasteiger partial charge in [0, 0.05) is 15.9 Å². The van der Waals surface area contributed by atoms with Crippen LogP contribution in [0.1, 0.15) is 32.1 Å². The molecule has 102 valence electrons. The first kappa shape index (κ1) is 15.7. The highest BCUT2D eigenvalue weighted by Crippen LogP contribution is 2.25. The molecule has 1 atom stereocenters. The number of carbonyl (C=O) groups is 1. The van der Waals surface area contributed by atoms with E-state index in [-0.39, 0.29) is 17.2 Å². The van der Waals surface area contributed by atoms with Crippen LogP contribution in [0, 0.1) is 11.3 Å². The minimum Gasteiger partial charge on any atom is -0.351 e. The van der Waals surface area contributed by atoms with Crippen LogP contribution in [0.15, 0.2) is 15.9 Å². The van der Waals surface area contributed by atoms with Crippen molar-refractivity contribution in [3.05, 3.63) is 20.8 Å². The molecule has 0 aliphatic heterocycles. The lowest BCUT2D eigenvalue weighted by Crippen LogP contribution is -2.36. The summed E-state index contributed by atoms with van der Waals surface area (Å²) in [5, 5.41) is 4.96. The van der Waals surface area contributed by atoms with E-state index in [9.17, 15) is 4.79 Å². The van der Waals surface area contributed by atoms with Crippen LogP contribution >= 0.6 is 27.3 Å². The molecule has 3 N–H and O–H groups in total. The third kappa shape index (κ3) is 5.08. The molecule has 0 radical (unpaired) electrons. The lowest BCUT2D eigenvalue weighted by molar-refractivity contribution is -0.125. The van der Waals surface area contributed by atoms with E-state index in [1.807, 2.05) is 11.4 Å². The molecule has 1 heterocycles. The molecular weight excluding hydrogens is 312 g/mol. The lowest BCUT2D eigenvalue weighted by atomic mass is 9.84. The van der Waals surface area contributed by atoms with Crippen molar-refractivity contribution < 1.29 is 4.79 Å². The van der Waals surface area contributed by atoms with Gasteiger partial charge in [-0.25, -0.2) is 0 Å². The molecule has 0 saturated heterocycles. The maximum absolute atomic E-state index is 12.1. The van der Waals surface area contributed by atoms with E-state index < -0.39 is 0 Å². The number of amides is 1. The minimum atomic E-state index is -0.108. The van der Waals surface area contributed by atoms with Crippen LogP contribution in [0.4, 0.5) is 0 Å². The Balaban J connectivity index is 2.51. The van der Waals surface area contributed by atoms with E-state index in [1.165, 1.54) is 0 Å². The first-order valence-corrected chi connectivity index (χ1v) is 7.70. The van der Waals surface area contributed by atoms with Crippen LogP contribution < -0.4 is 11.1 Å². The Bertz CT molecular complexity index is 398. The fourth-order valence-electron chi connectivity index (χ4n) is 1.79. The monoisotopic (exact) mass is 332 g/mol. The average molecular weight is 333 g/mol. The van der Waals surface area contributed by atoms with Crippen molar-refractivity contribution in [1.29, 1.82) is 0 Å². The second-order valence-electron chi connectivity index (χ2n) is 5.61. The first-order chi connectivity index (χ1) is 8.33. The maximum atomic E-state index is 12.1. The first-order valence-electron chi connectivity index (χ1n) is 6.03. The van der Waals surface area contributed by atoms with Crippen molar-refractivity contribution in [2.24, 2.45) is 17.1 Å². The summed E-state index contributed by atoms with van der Waals surface area (Å²) in [6.07, 6.45) is 0.806. The second kappa shape index (κ2) is 6.68. The molecule has 0 saturated carbocycles. The topological polar surface area (TPSA) is 55.1 Å². The molecule has 0 fully saturated rings. The highest BCUT2D eigenvalue weighted by Gasteiger charge is 2.23. The van der Waals surface area contributed by atoms with Crippen molar-refractivity contribution in [1.82, 2.24) is 5.32 Å². The summed E-state index contributed by atoms with van der Waals surface area (Å²) in [7, 11) is 0. The summed E-state index contributed by atoms with van der Waals surface area (Å²) in [5.74, 6) is -0.0588. The number of hydrogen-bond donors (Lipinski definition) is 2. The predicted octanol–water partition coefficient (Wildman–Crippen LogP) is 3.14. The summed E-state index contributed by atoms with van der Waals surface area (Å²) >= 11 is 5.08. The molecular formula is C13H21BrN2OS. The Kier molecular flexibility index (Phi) is 5.82. The van der Waals surface area contributed by atoms with Gasteiger partial charge in [0.1, 0.15) is 0 Å². The number of halogens is 1. The Labute approximate surface area is 121 Å². The number of nitrogens with one attached hydrogen (secondary N) is 1. The molecule has 3 nitrogen and oxygen atoms in total. The van der Waals surface area contributed by atoms with Gasteiger partial charge in [-0.3, -0.25) is 4.79 Å². The van der Waals surface area contributed by atoms with Gasteiger partial charge in [-0.05, 0) is 39.2 Å². The molecule has 1 amide bonds. The molecule has 1 rings (SSSR count). The Morgan fingerprint density at radius 3 is 2.67 bits per heavy atom. The third-order valence-electron chi connectivity index (χ3n) is 2.63. The normalized spacial score (nSPS) is 13.4. The predicted molar refractivity (Wildman–Crippen MR) is 80.5 cm³/mol. The average Bonchev–Trinajstić information content (AvgIpc) is 2.67. The lowest BCUT2D eigenvalue weighted by Gasteiger charge is -2.24. The maximum Gasteiger partial charge on any atom is 0.224 e. The van der Waals surface area contributed by atoms with Crippen molar-refractivity contribution in [3.8, 4) is 0 Å². The molecule has 1 aromatic rings. The van der Waals surface area contributed by atoms with Crippen LogP contribution in [-0.4, -0.2) is 12.5 Å². The SMILES string of the molecule is CC(C)(C)CC(CN)C(=O)NCc1sccc1Br. The van der Waals surface area contributed by atoms with Gasteiger partial charge in [0.05, 0.1) is 12.5 Å². The van der Waals surface area contributed by atoms with E-state index in [4.69, 9.17) is 5.73 Å². The van der Waals surface area contributed by atoms with Crippen molar-refractivity contribution in [2.75, 3.05) is 6.54 Å². The molecule has 1 aromatic heterocycles. The zero-order valence-corrected chi connectivity index (χ0v) is 13.5. The number of thiophene rings is 1. The molecule has 0 spiro atoms. The zero-order chi connectivity index (χ0) is 13.8. The van der Waals surface area contributed by atoms with Crippen LogP contribution in [0.3, 0.4) is 0 Å². The van der Waals surface area contributed by atoms with Gasteiger partial charge in [0.15, 0.2) is 0 Å². The standard InChI is InChI=1S/C13H21BrN2OS/c1-13(2,3)6-9(7-15)12(17)16-8-11-10(14)4-5-18-11/h4-5,9H,6-8,15H2,1-3H3,(H,16,17). The highest BCUT2D eigenvalue weighted by atomic mass is 79.9. The Morgan fingerprint density at radius 1 is 1.56 bits per heavy atom. The smallest absolute Gasteiger partial charge is 0.224 e. The highest BCUT2D eigenvalue weighted by molar-refractivity contribution is 9.10.